The Hall–Kier alpha value is -0.570. The van der Waals surface area contributed by atoms with E-state index in [9.17, 15) is 4.79 Å². The van der Waals surface area contributed by atoms with E-state index in [-0.39, 0.29) is 6.10 Å². The van der Waals surface area contributed by atoms with Gasteiger partial charge in [0.1, 0.15) is 0 Å². The van der Waals surface area contributed by atoms with Gasteiger partial charge in [0.05, 0.1) is 6.10 Å². The maximum atomic E-state index is 10.8. The zero-order valence-electron chi connectivity index (χ0n) is 8.45. The van der Waals surface area contributed by atoms with Gasteiger partial charge in [0.25, 0.3) is 0 Å². The van der Waals surface area contributed by atoms with E-state index in [4.69, 9.17) is 9.84 Å². The van der Waals surface area contributed by atoms with Crippen LogP contribution in [0.1, 0.15) is 44.9 Å². The molecule has 0 amide bonds. The summed E-state index contributed by atoms with van der Waals surface area (Å²) < 4.78 is 5.63. The molecule has 1 N–H and O–H groups in total. The summed E-state index contributed by atoms with van der Waals surface area (Å²) in [6, 6.07) is 0. The van der Waals surface area contributed by atoms with Crippen LogP contribution in [-0.4, -0.2) is 23.3 Å². The summed E-state index contributed by atoms with van der Waals surface area (Å²) in [5, 5.41) is 8.87. The largest absolute Gasteiger partial charge is 0.479 e. The molecular weight excluding hydrogens is 180 g/mol. The van der Waals surface area contributed by atoms with E-state index in [2.05, 4.69) is 0 Å². The predicted octanol–water partition coefficient (Wildman–Crippen LogP) is 2.20. The molecule has 1 saturated carbocycles. The highest BCUT2D eigenvalue weighted by Crippen LogP contribution is 2.34. The van der Waals surface area contributed by atoms with Crippen LogP contribution in [0.3, 0.4) is 0 Å². The molecule has 0 aromatic rings. The average molecular weight is 198 g/mol. The molecule has 0 aromatic carbocycles. The number of hydrogen-bond donors (Lipinski definition) is 1. The van der Waals surface area contributed by atoms with E-state index in [0.717, 1.165) is 12.8 Å². The Kier molecular flexibility index (Phi) is 3.06. The molecule has 2 unspecified atom stereocenters. The molecule has 14 heavy (non-hydrogen) atoms. The first-order chi connectivity index (χ1) is 6.77. The van der Waals surface area contributed by atoms with Crippen molar-refractivity contribution < 1.29 is 14.6 Å². The monoisotopic (exact) mass is 198 g/mol. The normalized spacial score (nSPS) is 34.6. The number of carboxylic acids is 1. The van der Waals surface area contributed by atoms with Crippen LogP contribution in [0, 0.1) is 5.92 Å². The Balaban J connectivity index is 1.89. The van der Waals surface area contributed by atoms with Gasteiger partial charge in [-0.05, 0) is 38.0 Å². The fraction of sp³-hybridized carbons (Fsp3) is 0.909. The highest BCUT2D eigenvalue weighted by Gasteiger charge is 2.33. The number of ether oxygens (including phenoxy) is 1. The van der Waals surface area contributed by atoms with E-state index in [1.54, 1.807) is 0 Å². The quantitative estimate of drug-likeness (QED) is 0.739. The van der Waals surface area contributed by atoms with Crippen LogP contribution in [0.5, 0.6) is 0 Å². The van der Waals surface area contributed by atoms with E-state index >= 15 is 0 Å². The summed E-state index contributed by atoms with van der Waals surface area (Å²) in [5.41, 5.74) is 0. The van der Waals surface area contributed by atoms with Crippen molar-refractivity contribution in [1.29, 1.82) is 0 Å². The second-order valence-corrected chi connectivity index (χ2v) is 4.48. The standard InChI is InChI=1S/C11H18O3/c12-11(13)10-7-3-6-9(14-10)8-4-1-2-5-8/h8-10H,1-7H2,(H,12,13). The Morgan fingerprint density at radius 1 is 1.07 bits per heavy atom. The van der Waals surface area contributed by atoms with Crippen LogP contribution in [0.4, 0.5) is 0 Å². The third-order valence-corrected chi connectivity index (χ3v) is 3.50. The lowest BCUT2D eigenvalue weighted by Crippen LogP contribution is -2.36. The molecule has 2 aliphatic rings. The first kappa shape index (κ1) is 9.97. The first-order valence-corrected chi connectivity index (χ1v) is 5.65. The molecule has 2 atom stereocenters. The fourth-order valence-corrected chi connectivity index (χ4v) is 2.71. The van der Waals surface area contributed by atoms with Crippen molar-refractivity contribution in [2.24, 2.45) is 5.92 Å². The van der Waals surface area contributed by atoms with Gasteiger partial charge in [-0.3, -0.25) is 0 Å². The van der Waals surface area contributed by atoms with Gasteiger partial charge in [-0.25, -0.2) is 4.79 Å². The molecule has 1 heterocycles. The van der Waals surface area contributed by atoms with Gasteiger partial charge < -0.3 is 9.84 Å². The summed E-state index contributed by atoms with van der Waals surface area (Å²) >= 11 is 0. The van der Waals surface area contributed by atoms with E-state index in [0.29, 0.717) is 12.3 Å². The zero-order valence-corrected chi connectivity index (χ0v) is 8.45. The van der Waals surface area contributed by atoms with Crippen molar-refractivity contribution >= 4 is 5.97 Å². The van der Waals surface area contributed by atoms with Crippen molar-refractivity contribution in [3.8, 4) is 0 Å². The summed E-state index contributed by atoms with van der Waals surface area (Å²) in [5.74, 6) is -0.148. The molecule has 0 aromatic heterocycles. The number of carbonyl (C=O) groups is 1. The molecule has 2 rings (SSSR count). The second-order valence-electron chi connectivity index (χ2n) is 4.48. The Morgan fingerprint density at radius 3 is 2.43 bits per heavy atom. The van der Waals surface area contributed by atoms with Crippen molar-refractivity contribution in [2.75, 3.05) is 0 Å². The van der Waals surface area contributed by atoms with Gasteiger partial charge in [-0.15, -0.1) is 0 Å². The SMILES string of the molecule is O=C(O)C1CCCC(C2CCCC2)O1. The summed E-state index contributed by atoms with van der Waals surface area (Å²) in [6.45, 7) is 0. The molecule has 1 saturated heterocycles. The third kappa shape index (κ3) is 2.08. The maximum absolute atomic E-state index is 10.8. The summed E-state index contributed by atoms with van der Waals surface area (Å²) in [4.78, 5) is 10.8. The lowest BCUT2D eigenvalue weighted by molar-refractivity contribution is -0.162. The highest BCUT2D eigenvalue weighted by atomic mass is 16.5. The van der Waals surface area contributed by atoms with Gasteiger partial charge >= 0.3 is 5.97 Å². The van der Waals surface area contributed by atoms with Crippen LogP contribution in [0.2, 0.25) is 0 Å². The van der Waals surface area contributed by atoms with Gasteiger partial charge in [0.2, 0.25) is 0 Å². The van der Waals surface area contributed by atoms with Crippen LogP contribution < -0.4 is 0 Å². The molecule has 2 fully saturated rings. The molecule has 0 bridgehead atoms. The maximum Gasteiger partial charge on any atom is 0.332 e. The van der Waals surface area contributed by atoms with Gasteiger partial charge in [-0.1, -0.05) is 12.8 Å². The first-order valence-electron chi connectivity index (χ1n) is 5.65. The number of carboxylic acid groups (broad SMARTS) is 1. The number of rotatable bonds is 2. The molecular formula is C11H18O3. The lowest BCUT2D eigenvalue weighted by atomic mass is 9.92. The molecule has 0 radical (unpaired) electrons. The summed E-state index contributed by atoms with van der Waals surface area (Å²) in [6.07, 6.45) is 7.52. The third-order valence-electron chi connectivity index (χ3n) is 3.50. The Labute approximate surface area is 84.4 Å². The molecule has 3 heteroatoms. The summed E-state index contributed by atoms with van der Waals surface area (Å²) in [7, 11) is 0. The molecule has 80 valence electrons. The average Bonchev–Trinajstić information content (AvgIpc) is 2.71. The van der Waals surface area contributed by atoms with Gasteiger partial charge in [0.15, 0.2) is 6.10 Å². The van der Waals surface area contributed by atoms with Crippen molar-refractivity contribution in [3.05, 3.63) is 0 Å². The van der Waals surface area contributed by atoms with Crippen molar-refractivity contribution in [3.63, 3.8) is 0 Å². The molecule has 1 aliphatic heterocycles. The van der Waals surface area contributed by atoms with Crippen LogP contribution in [0.15, 0.2) is 0 Å². The van der Waals surface area contributed by atoms with Gasteiger partial charge in [-0.2, -0.15) is 0 Å². The smallest absolute Gasteiger partial charge is 0.332 e. The van der Waals surface area contributed by atoms with Crippen molar-refractivity contribution in [2.45, 2.75) is 57.2 Å². The van der Waals surface area contributed by atoms with E-state index in [1.807, 2.05) is 0 Å². The Morgan fingerprint density at radius 2 is 1.79 bits per heavy atom. The minimum absolute atomic E-state index is 0.229. The van der Waals surface area contributed by atoms with Gasteiger partial charge in [0, 0.05) is 0 Å². The topological polar surface area (TPSA) is 46.5 Å². The lowest BCUT2D eigenvalue weighted by Gasteiger charge is -2.31. The number of hydrogen-bond acceptors (Lipinski definition) is 2. The van der Waals surface area contributed by atoms with E-state index < -0.39 is 12.1 Å². The predicted molar refractivity (Wildman–Crippen MR) is 52.1 cm³/mol. The van der Waals surface area contributed by atoms with E-state index in [1.165, 1.54) is 25.7 Å². The molecule has 3 nitrogen and oxygen atoms in total. The minimum atomic E-state index is -0.785. The Bertz CT molecular complexity index is 209. The van der Waals surface area contributed by atoms with Crippen molar-refractivity contribution in [1.82, 2.24) is 0 Å². The highest BCUT2D eigenvalue weighted by molar-refractivity contribution is 5.72. The molecule has 1 aliphatic carbocycles. The number of aliphatic carboxylic acids is 1. The van der Waals surface area contributed by atoms with Crippen LogP contribution in [-0.2, 0) is 9.53 Å². The zero-order chi connectivity index (χ0) is 9.97. The fourth-order valence-electron chi connectivity index (χ4n) is 2.71. The molecule has 0 spiro atoms. The minimum Gasteiger partial charge on any atom is -0.479 e. The van der Waals surface area contributed by atoms with Crippen LogP contribution >= 0.6 is 0 Å². The second kappa shape index (κ2) is 4.30. The van der Waals surface area contributed by atoms with Crippen LogP contribution in [0.25, 0.3) is 0 Å².